The van der Waals surface area contributed by atoms with E-state index in [4.69, 9.17) is 0 Å². The van der Waals surface area contributed by atoms with E-state index in [9.17, 15) is 13.5 Å². The summed E-state index contributed by atoms with van der Waals surface area (Å²) in [5.41, 5.74) is -0.783. The van der Waals surface area contributed by atoms with Crippen LogP contribution in [-0.2, 0) is 10.0 Å². The highest BCUT2D eigenvalue weighted by atomic mass is 79.9. The van der Waals surface area contributed by atoms with Gasteiger partial charge in [0.25, 0.3) is 0 Å². The summed E-state index contributed by atoms with van der Waals surface area (Å²) in [6, 6.07) is 6.76. The zero-order valence-electron chi connectivity index (χ0n) is 9.71. The fraction of sp³-hybridized carbons (Fsp3) is 0.500. The Hall–Kier alpha value is -0.430. The largest absolute Gasteiger partial charge is 0.387 e. The Kier molecular flexibility index (Phi) is 2.82. The van der Waals surface area contributed by atoms with E-state index in [1.807, 2.05) is 0 Å². The molecule has 0 spiro atoms. The van der Waals surface area contributed by atoms with Crippen LogP contribution in [0, 0.1) is 5.92 Å². The molecule has 4 nitrogen and oxygen atoms in total. The molecular weight excluding hydrogens is 318 g/mol. The van der Waals surface area contributed by atoms with Crippen LogP contribution in [0.2, 0.25) is 0 Å². The van der Waals surface area contributed by atoms with Crippen LogP contribution in [0.15, 0.2) is 33.6 Å². The molecule has 1 aliphatic carbocycles. The summed E-state index contributed by atoms with van der Waals surface area (Å²) in [6.45, 7) is 0.447. The van der Waals surface area contributed by atoms with E-state index in [1.165, 1.54) is 4.31 Å². The van der Waals surface area contributed by atoms with E-state index >= 15 is 0 Å². The first kappa shape index (κ1) is 12.6. The minimum Gasteiger partial charge on any atom is -0.387 e. The van der Waals surface area contributed by atoms with Crippen molar-refractivity contribution in [3.8, 4) is 0 Å². The van der Waals surface area contributed by atoms with Gasteiger partial charge >= 0.3 is 0 Å². The third-order valence-corrected chi connectivity index (χ3v) is 6.50. The highest BCUT2D eigenvalue weighted by Gasteiger charge is 2.55. The molecule has 0 amide bonds. The second-order valence-electron chi connectivity index (χ2n) is 5.08. The molecule has 3 rings (SSSR count). The first-order chi connectivity index (χ1) is 8.43. The monoisotopic (exact) mass is 331 g/mol. The van der Waals surface area contributed by atoms with Gasteiger partial charge in [-0.15, -0.1) is 0 Å². The standard InChI is InChI=1S/C12H14BrNO3S/c13-10-3-1-2-4-11(10)18(16,17)14-7-12(15,8-14)9-5-6-9/h1-4,9,15H,5-8H2. The minimum atomic E-state index is -3.48. The fourth-order valence-corrected chi connectivity index (χ4v) is 4.93. The molecule has 2 fully saturated rings. The van der Waals surface area contributed by atoms with E-state index in [2.05, 4.69) is 15.9 Å². The molecule has 1 heterocycles. The molecule has 1 saturated carbocycles. The van der Waals surface area contributed by atoms with Gasteiger partial charge in [0.2, 0.25) is 10.0 Å². The van der Waals surface area contributed by atoms with Crippen molar-refractivity contribution in [2.45, 2.75) is 23.3 Å². The molecule has 0 bridgehead atoms. The first-order valence-corrected chi connectivity index (χ1v) is 8.14. The van der Waals surface area contributed by atoms with Gasteiger partial charge in [-0.25, -0.2) is 8.42 Å². The summed E-state index contributed by atoms with van der Waals surface area (Å²) in [5.74, 6) is 0.295. The van der Waals surface area contributed by atoms with Crippen molar-refractivity contribution in [2.24, 2.45) is 5.92 Å². The van der Waals surface area contributed by atoms with E-state index in [0.29, 0.717) is 10.4 Å². The van der Waals surface area contributed by atoms with Crippen molar-refractivity contribution in [2.75, 3.05) is 13.1 Å². The zero-order chi connectivity index (χ0) is 13.0. The molecule has 1 aromatic rings. The lowest BCUT2D eigenvalue weighted by atomic mass is 9.91. The fourth-order valence-electron chi connectivity index (χ4n) is 2.41. The predicted octanol–water partition coefficient (Wildman–Crippen LogP) is 1.59. The van der Waals surface area contributed by atoms with Gasteiger partial charge in [0, 0.05) is 17.6 Å². The SMILES string of the molecule is O=S(=O)(c1ccccc1Br)N1CC(O)(C2CC2)C1. The van der Waals surface area contributed by atoms with Crippen molar-refractivity contribution in [1.29, 1.82) is 0 Å². The molecule has 0 radical (unpaired) electrons. The van der Waals surface area contributed by atoms with E-state index in [0.717, 1.165) is 12.8 Å². The second kappa shape index (κ2) is 4.03. The Labute approximate surface area is 115 Å². The van der Waals surface area contributed by atoms with E-state index in [-0.39, 0.29) is 18.0 Å². The number of β-amino-alcohol motifs (C(OH)–C–C–N with tert-alkyl or cyclic N) is 1. The summed E-state index contributed by atoms with van der Waals surface area (Å²) in [5, 5.41) is 10.2. The molecule has 1 aromatic carbocycles. The molecule has 1 saturated heterocycles. The van der Waals surface area contributed by atoms with E-state index in [1.54, 1.807) is 24.3 Å². The van der Waals surface area contributed by atoms with Crippen LogP contribution in [-0.4, -0.2) is 36.5 Å². The Morgan fingerprint density at radius 1 is 1.28 bits per heavy atom. The summed E-state index contributed by atoms with van der Waals surface area (Å²) >= 11 is 3.26. The maximum absolute atomic E-state index is 12.4. The van der Waals surface area contributed by atoms with Gasteiger partial charge < -0.3 is 5.11 Å². The van der Waals surface area contributed by atoms with Crippen LogP contribution >= 0.6 is 15.9 Å². The van der Waals surface area contributed by atoms with Crippen LogP contribution < -0.4 is 0 Å². The lowest BCUT2D eigenvalue weighted by Gasteiger charge is -2.45. The van der Waals surface area contributed by atoms with Crippen LogP contribution in [0.4, 0.5) is 0 Å². The molecule has 1 N–H and O–H groups in total. The van der Waals surface area contributed by atoms with Gasteiger partial charge in [0.1, 0.15) is 0 Å². The highest BCUT2D eigenvalue weighted by molar-refractivity contribution is 9.10. The number of aliphatic hydroxyl groups is 1. The molecule has 6 heteroatoms. The Bertz CT molecular complexity index is 577. The third kappa shape index (κ3) is 1.91. The average Bonchev–Trinajstić information content (AvgIpc) is 3.09. The van der Waals surface area contributed by atoms with Gasteiger partial charge in [0.15, 0.2) is 0 Å². The number of rotatable bonds is 3. The lowest BCUT2D eigenvalue weighted by Crippen LogP contribution is -2.64. The maximum atomic E-state index is 12.4. The van der Waals surface area contributed by atoms with Crippen molar-refractivity contribution in [1.82, 2.24) is 4.31 Å². The molecule has 18 heavy (non-hydrogen) atoms. The molecule has 2 aliphatic rings. The van der Waals surface area contributed by atoms with Crippen molar-refractivity contribution < 1.29 is 13.5 Å². The molecule has 0 atom stereocenters. The maximum Gasteiger partial charge on any atom is 0.244 e. The molecule has 0 aromatic heterocycles. The number of halogens is 1. The van der Waals surface area contributed by atoms with Gasteiger partial charge in [-0.1, -0.05) is 12.1 Å². The van der Waals surface area contributed by atoms with Crippen LogP contribution in [0.3, 0.4) is 0 Å². The normalized spacial score (nSPS) is 23.7. The number of benzene rings is 1. The molecule has 98 valence electrons. The lowest BCUT2D eigenvalue weighted by molar-refractivity contribution is -0.0764. The van der Waals surface area contributed by atoms with Crippen molar-refractivity contribution in [3.05, 3.63) is 28.7 Å². The molecule has 1 aliphatic heterocycles. The second-order valence-corrected chi connectivity index (χ2v) is 7.84. The average molecular weight is 332 g/mol. The first-order valence-electron chi connectivity index (χ1n) is 5.90. The zero-order valence-corrected chi connectivity index (χ0v) is 12.1. The third-order valence-electron chi connectivity index (χ3n) is 3.69. The Balaban J connectivity index is 1.83. The highest BCUT2D eigenvalue weighted by Crippen LogP contribution is 2.46. The number of nitrogens with zero attached hydrogens (tertiary/aromatic N) is 1. The summed E-state index contributed by atoms with van der Waals surface area (Å²) in [6.07, 6.45) is 2.03. The molecule has 0 unspecified atom stereocenters. The summed E-state index contributed by atoms with van der Waals surface area (Å²) in [7, 11) is -3.48. The number of sulfonamides is 1. The topological polar surface area (TPSA) is 57.6 Å². The number of hydrogen-bond donors (Lipinski definition) is 1. The van der Waals surface area contributed by atoms with Crippen molar-refractivity contribution in [3.63, 3.8) is 0 Å². The smallest absolute Gasteiger partial charge is 0.244 e. The summed E-state index contributed by atoms with van der Waals surface area (Å²) < 4.78 is 26.6. The van der Waals surface area contributed by atoms with Gasteiger partial charge in [-0.05, 0) is 46.8 Å². The van der Waals surface area contributed by atoms with Crippen LogP contribution in [0.25, 0.3) is 0 Å². The van der Waals surface area contributed by atoms with Gasteiger partial charge in [0.05, 0.1) is 10.5 Å². The predicted molar refractivity (Wildman–Crippen MR) is 70.6 cm³/mol. The van der Waals surface area contributed by atoms with E-state index < -0.39 is 15.6 Å². The Morgan fingerprint density at radius 2 is 1.89 bits per heavy atom. The quantitative estimate of drug-likeness (QED) is 0.915. The van der Waals surface area contributed by atoms with Crippen LogP contribution in [0.1, 0.15) is 12.8 Å². The van der Waals surface area contributed by atoms with Gasteiger partial charge in [-0.2, -0.15) is 4.31 Å². The minimum absolute atomic E-state index is 0.224. The number of hydrogen-bond acceptors (Lipinski definition) is 3. The molecular formula is C12H14BrNO3S. The summed E-state index contributed by atoms with van der Waals surface area (Å²) in [4.78, 5) is 0.267. The van der Waals surface area contributed by atoms with Crippen LogP contribution in [0.5, 0.6) is 0 Å². The Morgan fingerprint density at radius 3 is 2.44 bits per heavy atom. The van der Waals surface area contributed by atoms with Gasteiger partial charge in [-0.3, -0.25) is 0 Å². The van der Waals surface area contributed by atoms with Crippen molar-refractivity contribution >= 4 is 26.0 Å².